The minimum atomic E-state index is -0.245. The zero-order valence-corrected chi connectivity index (χ0v) is 36.0. The number of piperidine rings is 1. The number of amides is 1. The van der Waals surface area contributed by atoms with E-state index in [0.29, 0.717) is 64.2 Å². The van der Waals surface area contributed by atoms with Crippen molar-refractivity contribution < 1.29 is 23.4 Å². The van der Waals surface area contributed by atoms with Crippen LogP contribution < -0.4 is 10.1 Å². The summed E-state index contributed by atoms with van der Waals surface area (Å²) in [6.45, 7) is 16.2. The maximum Gasteiger partial charge on any atom is 0.227 e. The molecule has 1 fully saturated rings. The molecule has 1 N–H and O–H groups in total. The minimum absolute atomic E-state index is 0.0714. The van der Waals surface area contributed by atoms with Crippen LogP contribution in [0.15, 0.2) is 79.0 Å². The van der Waals surface area contributed by atoms with E-state index in [4.69, 9.17) is 35.9 Å². The van der Waals surface area contributed by atoms with E-state index >= 15 is 0 Å². The molecule has 0 bridgehead atoms. The number of nitrogens with one attached hydrogen (secondary N) is 1. The number of aromatic nitrogens is 4. The van der Waals surface area contributed by atoms with Gasteiger partial charge >= 0.3 is 0 Å². The van der Waals surface area contributed by atoms with Gasteiger partial charge in [-0.3, -0.25) is 9.69 Å². The number of carbonyl (C=O) groups is 1. The highest BCUT2D eigenvalue weighted by atomic mass is 35.5. The predicted octanol–water partition coefficient (Wildman–Crippen LogP) is 7.89. The second kappa shape index (κ2) is 20.6. The third-order valence-corrected chi connectivity index (χ3v) is 11.6. The van der Waals surface area contributed by atoms with Crippen LogP contribution in [0.25, 0.3) is 27.8 Å². The van der Waals surface area contributed by atoms with Crippen molar-refractivity contribution >= 4 is 34.1 Å². The summed E-state index contributed by atoms with van der Waals surface area (Å²) in [4.78, 5) is 22.3. The highest BCUT2D eigenvalue weighted by molar-refractivity contribution is 6.30. The molecular weight excluding hydrogens is 781 g/mol. The maximum absolute atomic E-state index is 14.6. The van der Waals surface area contributed by atoms with E-state index < -0.39 is 0 Å². The van der Waals surface area contributed by atoms with E-state index in [1.54, 1.807) is 12.1 Å². The number of rotatable bonds is 20. The van der Waals surface area contributed by atoms with E-state index in [1.807, 2.05) is 104 Å². The van der Waals surface area contributed by atoms with Gasteiger partial charge in [0.15, 0.2) is 5.65 Å². The van der Waals surface area contributed by atoms with Crippen molar-refractivity contribution in [3.05, 3.63) is 118 Å². The lowest BCUT2D eigenvalue weighted by Crippen LogP contribution is -2.39. The normalized spacial score (nSPS) is 13.8. The zero-order chi connectivity index (χ0) is 42.0. The van der Waals surface area contributed by atoms with Crippen molar-refractivity contribution in [2.75, 3.05) is 65.7 Å². The SMILES string of the molecule is CCN(CC)C(=O)Cc1c(-c2ccc(OCCN3CCC(OCCOCCNCc4cc(F)cc5c4ccn5Cc4ccc(Cl)cc4)CC3)cc2)nn2c(C)cc(C)nc12. The smallest absolute Gasteiger partial charge is 0.227 e. The highest BCUT2D eigenvalue weighted by Crippen LogP contribution is 2.29. The lowest BCUT2D eigenvalue weighted by Gasteiger charge is -2.31. The number of benzene rings is 3. The van der Waals surface area contributed by atoms with Gasteiger partial charge in [0.2, 0.25) is 5.91 Å². The topological polar surface area (TPSA) is 98.4 Å². The van der Waals surface area contributed by atoms with Crippen molar-refractivity contribution in [2.45, 2.75) is 66.2 Å². The molecule has 318 valence electrons. The fourth-order valence-electron chi connectivity index (χ4n) is 8.05. The summed E-state index contributed by atoms with van der Waals surface area (Å²) in [5.41, 5.74) is 8.06. The van der Waals surface area contributed by atoms with Gasteiger partial charge < -0.3 is 29.0 Å². The first-order valence-electron chi connectivity index (χ1n) is 21.2. The Labute approximate surface area is 357 Å². The number of likely N-dealkylation sites (tertiary alicyclic amines) is 1. The van der Waals surface area contributed by atoms with E-state index in [0.717, 1.165) is 94.1 Å². The van der Waals surface area contributed by atoms with Crippen molar-refractivity contribution in [1.82, 2.24) is 34.3 Å². The Morgan fingerprint density at radius 2 is 1.72 bits per heavy atom. The van der Waals surface area contributed by atoms with Crippen LogP contribution in [0.4, 0.5) is 4.39 Å². The van der Waals surface area contributed by atoms with Gasteiger partial charge in [-0.1, -0.05) is 23.7 Å². The van der Waals surface area contributed by atoms with Crippen LogP contribution in [0.5, 0.6) is 5.75 Å². The van der Waals surface area contributed by atoms with Crippen molar-refractivity contribution in [3.63, 3.8) is 0 Å². The second-order valence-corrected chi connectivity index (χ2v) is 15.9. The highest BCUT2D eigenvalue weighted by Gasteiger charge is 2.23. The quantitative estimate of drug-likeness (QED) is 0.0777. The third-order valence-electron chi connectivity index (χ3n) is 11.3. The number of fused-ring (bicyclic) bond motifs is 2. The van der Waals surface area contributed by atoms with E-state index in [2.05, 4.69) is 14.8 Å². The van der Waals surface area contributed by atoms with Crippen LogP contribution in [0.2, 0.25) is 5.02 Å². The van der Waals surface area contributed by atoms with Crippen molar-refractivity contribution in [1.29, 1.82) is 0 Å². The van der Waals surface area contributed by atoms with Crippen LogP contribution in [0.1, 0.15) is 54.8 Å². The fraction of sp³-hybridized carbons (Fsp3) is 0.426. The number of hydrogen-bond donors (Lipinski definition) is 1. The molecule has 60 heavy (non-hydrogen) atoms. The maximum atomic E-state index is 14.6. The molecule has 0 atom stereocenters. The van der Waals surface area contributed by atoms with Crippen molar-refractivity contribution in [3.8, 4) is 17.0 Å². The summed E-state index contributed by atoms with van der Waals surface area (Å²) < 4.78 is 36.6. The Kier molecular flexibility index (Phi) is 14.9. The number of aryl methyl sites for hydroxylation is 2. The average molecular weight is 838 g/mol. The molecule has 13 heteroatoms. The van der Waals surface area contributed by atoms with E-state index in [9.17, 15) is 9.18 Å². The van der Waals surface area contributed by atoms with Crippen LogP contribution in [0, 0.1) is 19.7 Å². The molecule has 7 rings (SSSR count). The molecule has 1 amide bonds. The predicted molar refractivity (Wildman–Crippen MR) is 235 cm³/mol. The van der Waals surface area contributed by atoms with Gasteiger partial charge in [0.25, 0.3) is 0 Å². The van der Waals surface area contributed by atoms with Crippen LogP contribution in [-0.4, -0.2) is 107 Å². The van der Waals surface area contributed by atoms with Gasteiger partial charge in [-0.15, -0.1) is 0 Å². The molecule has 3 aromatic carbocycles. The Hall–Kier alpha value is -4.85. The number of hydrogen-bond acceptors (Lipinski definition) is 8. The molecule has 3 aromatic heterocycles. The van der Waals surface area contributed by atoms with Gasteiger partial charge in [0.1, 0.15) is 18.2 Å². The molecule has 6 aromatic rings. The first kappa shape index (κ1) is 43.2. The van der Waals surface area contributed by atoms with Crippen LogP contribution in [0.3, 0.4) is 0 Å². The molecule has 1 saturated heterocycles. The van der Waals surface area contributed by atoms with E-state index in [-0.39, 0.29) is 24.2 Å². The Balaban J connectivity index is 0.785. The Bertz CT molecular complexity index is 2330. The van der Waals surface area contributed by atoms with Gasteiger partial charge in [0.05, 0.1) is 43.6 Å². The zero-order valence-electron chi connectivity index (χ0n) is 35.3. The average Bonchev–Trinajstić information content (AvgIpc) is 3.81. The number of nitrogens with zero attached hydrogens (tertiary/aromatic N) is 6. The first-order valence-corrected chi connectivity index (χ1v) is 21.6. The lowest BCUT2D eigenvalue weighted by molar-refractivity contribution is -0.130. The number of carbonyl (C=O) groups excluding carboxylic acids is 1. The third kappa shape index (κ3) is 10.9. The van der Waals surface area contributed by atoms with Gasteiger partial charge in [-0.25, -0.2) is 13.9 Å². The molecule has 1 aliphatic heterocycles. The molecule has 0 saturated carbocycles. The molecule has 0 unspecified atom stereocenters. The lowest BCUT2D eigenvalue weighted by atomic mass is 10.0. The van der Waals surface area contributed by atoms with Crippen LogP contribution >= 0.6 is 11.6 Å². The minimum Gasteiger partial charge on any atom is -0.492 e. The Morgan fingerprint density at radius 3 is 2.47 bits per heavy atom. The second-order valence-electron chi connectivity index (χ2n) is 15.5. The number of likely N-dealkylation sites (N-methyl/N-ethyl adjacent to an activating group) is 1. The van der Waals surface area contributed by atoms with E-state index in [1.165, 1.54) is 0 Å². The summed E-state index contributed by atoms with van der Waals surface area (Å²) in [6, 6.07) is 23.0. The van der Waals surface area contributed by atoms with Gasteiger partial charge in [0, 0.05) is 91.5 Å². The fourth-order valence-corrected chi connectivity index (χ4v) is 8.17. The summed E-state index contributed by atoms with van der Waals surface area (Å²) in [6.07, 6.45) is 4.44. The standard InChI is InChI=1S/C47H57ClFN7O4/c1-5-54(6-2)45(57)30-43-46(52-56-34(4)27-33(3)51-47(43)56)36-9-13-40(14-10-36)59-24-22-53-19-15-41(16-20-53)60-26-25-58-23-18-50-31-37-28-39(49)29-44-42(37)17-21-55(44)32-35-7-11-38(48)12-8-35/h7-14,17,21,27-29,41,50H,5-6,15-16,18-20,22-26,30-32H2,1-4H3. The summed E-state index contributed by atoms with van der Waals surface area (Å²) in [5.74, 6) is 0.627. The molecule has 0 aliphatic carbocycles. The molecule has 0 radical (unpaired) electrons. The molecule has 11 nitrogen and oxygen atoms in total. The number of halogens is 2. The van der Waals surface area contributed by atoms with Crippen molar-refractivity contribution in [2.24, 2.45) is 0 Å². The summed E-state index contributed by atoms with van der Waals surface area (Å²) in [7, 11) is 0. The monoisotopic (exact) mass is 837 g/mol. The first-order chi connectivity index (χ1) is 29.2. The largest absolute Gasteiger partial charge is 0.492 e. The molecule has 0 spiro atoms. The molecule has 1 aliphatic rings. The summed E-state index contributed by atoms with van der Waals surface area (Å²) >= 11 is 6.04. The molecular formula is C47H57ClFN7O4. The van der Waals surface area contributed by atoms with Gasteiger partial charge in [-0.2, -0.15) is 5.10 Å². The summed E-state index contributed by atoms with van der Waals surface area (Å²) in [5, 5.41) is 10.1. The van der Waals surface area contributed by atoms with Crippen LogP contribution in [-0.2, 0) is 33.8 Å². The Morgan fingerprint density at radius 1 is 0.950 bits per heavy atom. The number of ether oxygens (including phenoxy) is 3. The van der Waals surface area contributed by atoms with Gasteiger partial charge in [-0.05, 0) is 112 Å². The molecule has 4 heterocycles.